The molecule has 0 heterocycles. The lowest BCUT2D eigenvalue weighted by molar-refractivity contribution is 0.0488. The topological polar surface area (TPSA) is 57.5 Å². The predicted molar refractivity (Wildman–Crippen MR) is 102 cm³/mol. The fourth-order valence-electron chi connectivity index (χ4n) is 2.54. The molecule has 0 aliphatic rings. The van der Waals surface area contributed by atoms with Crippen LogP contribution in [0.25, 0.3) is 5.57 Å². The molecule has 0 saturated heterocycles. The molecule has 0 amide bonds. The Morgan fingerprint density at radius 2 is 1.20 bits per heavy atom. The van der Waals surface area contributed by atoms with Crippen LogP contribution in [0.4, 0.5) is 0 Å². The summed E-state index contributed by atoms with van der Waals surface area (Å²) in [5.41, 5.74) is 2.03. The van der Waals surface area contributed by atoms with Crippen LogP contribution in [0.5, 0.6) is 0 Å². The molecule has 0 fully saturated rings. The van der Waals surface area contributed by atoms with Crippen LogP contribution in [0.1, 0.15) is 54.7 Å². The molecule has 3 nitrogen and oxygen atoms in total. The van der Waals surface area contributed by atoms with Gasteiger partial charge in [0.15, 0.2) is 5.78 Å². The highest BCUT2D eigenvalue weighted by atomic mass is 16.3. The number of hydrogen-bond acceptors (Lipinski definition) is 3. The van der Waals surface area contributed by atoms with E-state index < -0.39 is 11.2 Å². The van der Waals surface area contributed by atoms with Crippen LogP contribution >= 0.6 is 0 Å². The monoisotopic (exact) mass is 338 g/mol. The molecule has 0 atom stereocenters. The van der Waals surface area contributed by atoms with E-state index in [1.807, 2.05) is 36.4 Å². The second-order valence-corrected chi connectivity index (χ2v) is 7.50. The van der Waals surface area contributed by atoms with Crippen molar-refractivity contribution in [1.82, 2.24) is 0 Å². The van der Waals surface area contributed by atoms with Crippen LogP contribution in [-0.2, 0) is 6.42 Å². The largest absolute Gasteiger partial charge is 0.386 e. The van der Waals surface area contributed by atoms with Crippen molar-refractivity contribution in [2.24, 2.45) is 0 Å². The van der Waals surface area contributed by atoms with Crippen molar-refractivity contribution in [1.29, 1.82) is 0 Å². The molecule has 0 aliphatic heterocycles. The lowest BCUT2D eigenvalue weighted by atomic mass is 9.91. The van der Waals surface area contributed by atoms with Crippen molar-refractivity contribution < 1.29 is 15.0 Å². The third-order valence-corrected chi connectivity index (χ3v) is 4.22. The molecular weight excluding hydrogens is 312 g/mol. The lowest BCUT2D eigenvalue weighted by Gasteiger charge is -2.20. The zero-order valence-electron chi connectivity index (χ0n) is 15.3. The molecule has 2 N–H and O–H groups in total. The van der Waals surface area contributed by atoms with E-state index >= 15 is 0 Å². The van der Waals surface area contributed by atoms with Crippen molar-refractivity contribution in [3.8, 4) is 0 Å². The second kappa shape index (κ2) is 6.95. The number of ketones is 1. The highest BCUT2D eigenvalue weighted by Gasteiger charge is 2.24. The molecule has 0 unspecified atom stereocenters. The second-order valence-electron chi connectivity index (χ2n) is 7.50. The van der Waals surface area contributed by atoms with Crippen molar-refractivity contribution in [3.63, 3.8) is 0 Å². The fourth-order valence-corrected chi connectivity index (χ4v) is 2.54. The molecule has 0 aliphatic carbocycles. The zero-order chi connectivity index (χ0) is 18.8. The first-order valence-corrected chi connectivity index (χ1v) is 8.35. The summed E-state index contributed by atoms with van der Waals surface area (Å²) in [5, 5.41) is 19.8. The number of aliphatic hydroxyl groups is 2. The van der Waals surface area contributed by atoms with E-state index in [9.17, 15) is 15.0 Å². The summed E-state index contributed by atoms with van der Waals surface area (Å²) in [4.78, 5) is 12.0. The smallest absolute Gasteiger partial charge is 0.193 e. The van der Waals surface area contributed by atoms with Gasteiger partial charge in [0.2, 0.25) is 0 Å². The van der Waals surface area contributed by atoms with Crippen LogP contribution in [-0.4, -0.2) is 27.2 Å². The highest BCUT2D eigenvalue weighted by molar-refractivity contribution is 6.01. The van der Waals surface area contributed by atoms with Gasteiger partial charge in [0, 0.05) is 5.56 Å². The number of Topliss-reactive ketones (excluding diaryl/α,β-unsaturated/α-hetero) is 1. The Bertz CT molecular complexity index is 687. The molecule has 2 aromatic carbocycles. The molecule has 0 spiro atoms. The minimum Gasteiger partial charge on any atom is -0.386 e. The fraction of sp³-hybridized carbons (Fsp3) is 0.318. The van der Waals surface area contributed by atoms with E-state index in [-0.39, 0.29) is 5.78 Å². The maximum atomic E-state index is 12.0. The van der Waals surface area contributed by atoms with Crippen LogP contribution in [0.2, 0.25) is 0 Å². The van der Waals surface area contributed by atoms with Gasteiger partial charge in [0.05, 0.1) is 5.60 Å². The van der Waals surface area contributed by atoms with Gasteiger partial charge in [-0.05, 0) is 56.4 Å². The van der Waals surface area contributed by atoms with Gasteiger partial charge in [-0.1, -0.05) is 55.1 Å². The minimum atomic E-state index is -1.36. The molecule has 0 saturated carbocycles. The Morgan fingerprint density at radius 1 is 0.800 bits per heavy atom. The summed E-state index contributed by atoms with van der Waals surface area (Å²) < 4.78 is 0. The van der Waals surface area contributed by atoms with Crippen LogP contribution in [0.15, 0.2) is 55.1 Å². The summed E-state index contributed by atoms with van der Waals surface area (Å²) >= 11 is 0. The van der Waals surface area contributed by atoms with E-state index in [0.717, 1.165) is 23.1 Å². The van der Waals surface area contributed by atoms with E-state index in [4.69, 9.17) is 0 Å². The number of carbonyl (C=O) groups is 1. The van der Waals surface area contributed by atoms with Gasteiger partial charge in [-0.25, -0.2) is 0 Å². The summed E-state index contributed by atoms with van der Waals surface area (Å²) in [7, 11) is 0. The van der Waals surface area contributed by atoms with Crippen molar-refractivity contribution in [2.45, 2.75) is 45.3 Å². The SMILES string of the molecule is C=C(c1ccc(Cc2ccc(C(=O)C(C)(C)O)cc2)cc1)C(C)(C)O. The van der Waals surface area contributed by atoms with Crippen molar-refractivity contribution in [3.05, 3.63) is 77.4 Å². The van der Waals surface area contributed by atoms with E-state index in [2.05, 4.69) is 6.58 Å². The molecule has 2 aromatic rings. The highest BCUT2D eigenvalue weighted by Crippen LogP contribution is 2.25. The van der Waals surface area contributed by atoms with Crippen LogP contribution in [0.3, 0.4) is 0 Å². The molecule has 0 aromatic heterocycles. The zero-order valence-corrected chi connectivity index (χ0v) is 15.3. The average molecular weight is 338 g/mol. The standard InChI is InChI=1S/C22H26O3/c1-15(21(2,3)24)18-10-6-16(7-11-18)14-17-8-12-19(13-9-17)20(23)22(4,5)25/h6-13,24-25H,1,14H2,2-5H3. The Kier molecular flexibility index (Phi) is 5.31. The van der Waals surface area contributed by atoms with Gasteiger partial charge in [-0.2, -0.15) is 0 Å². The van der Waals surface area contributed by atoms with Crippen molar-refractivity contribution in [2.75, 3.05) is 0 Å². The van der Waals surface area contributed by atoms with Gasteiger partial charge in [0.1, 0.15) is 5.60 Å². The third-order valence-electron chi connectivity index (χ3n) is 4.22. The van der Waals surface area contributed by atoms with Gasteiger partial charge in [-0.15, -0.1) is 0 Å². The molecule has 2 rings (SSSR count). The maximum absolute atomic E-state index is 12.0. The summed E-state index contributed by atoms with van der Waals surface area (Å²) in [5.74, 6) is -0.284. The normalized spacial score (nSPS) is 12.1. The number of carbonyl (C=O) groups excluding carboxylic acids is 1. The predicted octanol–water partition coefficient (Wildman–Crippen LogP) is 4.02. The lowest BCUT2D eigenvalue weighted by Crippen LogP contribution is -2.31. The third kappa shape index (κ3) is 4.88. The first-order valence-electron chi connectivity index (χ1n) is 8.35. The Balaban J connectivity index is 2.10. The maximum Gasteiger partial charge on any atom is 0.193 e. The number of hydrogen-bond donors (Lipinski definition) is 2. The van der Waals surface area contributed by atoms with Gasteiger partial charge in [-0.3, -0.25) is 4.79 Å². The first-order chi connectivity index (χ1) is 11.5. The molecular formula is C22H26O3. The number of rotatable bonds is 6. The van der Waals surface area contributed by atoms with Gasteiger partial charge < -0.3 is 10.2 Å². The Hall–Kier alpha value is -2.23. The number of benzene rings is 2. The van der Waals surface area contributed by atoms with Gasteiger partial charge in [0.25, 0.3) is 0 Å². The Labute approximate surface area is 149 Å². The summed E-state index contributed by atoms with van der Waals surface area (Å²) in [6, 6.07) is 15.3. The molecule has 0 bridgehead atoms. The van der Waals surface area contributed by atoms with Crippen LogP contribution in [0, 0.1) is 0 Å². The molecule has 0 radical (unpaired) electrons. The van der Waals surface area contributed by atoms with Crippen molar-refractivity contribution >= 4 is 11.4 Å². The molecule has 3 heteroatoms. The summed E-state index contributed by atoms with van der Waals surface area (Å²) in [6.45, 7) is 10.4. The van der Waals surface area contributed by atoms with E-state index in [1.54, 1.807) is 26.0 Å². The van der Waals surface area contributed by atoms with Crippen LogP contribution < -0.4 is 0 Å². The molecule has 132 valence electrons. The molecule has 25 heavy (non-hydrogen) atoms. The Morgan fingerprint density at radius 3 is 1.56 bits per heavy atom. The minimum absolute atomic E-state index is 0.284. The quantitative estimate of drug-likeness (QED) is 0.782. The first kappa shape index (κ1) is 19.1. The average Bonchev–Trinajstić information content (AvgIpc) is 2.53. The van der Waals surface area contributed by atoms with E-state index in [1.165, 1.54) is 13.8 Å². The van der Waals surface area contributed by atoms with E-state index in [0.29, 0.717) is 11.1 Å². The summed E-state index contributed by atoms with van der Waals surface area (Å²) in [6.07, 6.45) is 0.742. The van der Waals surface area contributed by atoms with Gasteiger partial charge >= 0.3 is 0 Å².